The van der Waals surface area contributed by atoms with Gasteiger partial charge in [-0.2, -0.15) is 5.10 Å². The molecule has 2 heterocycles. The largest absolute Gasteiger partial charge is 0.489 e. The molecular formula is C22H23N3O2. The third kappa shape index (κ3) is 3.58. The number of unbranched alkanes of at least 4 members (excludes halogenated alkanes) is 1. The molecule has 1 N–H and O–H groups in total. The zero-order valence-corrected chi connectivity index (χ0v) is 15.4. The first kappa shape index (κ1) is 17.3. The number of ether oxygens (including phenoxy) is 1. The molecule has 0 bridgehead atoms. The molecule has 5 nitrogen and oxygen atoms in total. The van der Waals surface area contributed by atoms with E-state index >= 15 is 0 Å². The fourth-order valence-corrected chi connectivity index (χ4v) is 3.41. The SMILES string of the molecule is CCCCN1Cc2cc(OCc3c[nH]nc3-c3ccccc3)ccc2C1=O. The van der Waals surface area contributed by atoms with Gasteiger partial charge in [-0.25, -0.2) is 0 Å². The molecule has 0 fully saturated rings. The van der Waals surface area contributed by atoms with Crippen LogP contribution in [0.15, 0.2) is 54.7 Å². The average molecular weight is 361 g/mol. The van der Waals surface area contributed by atoms with E-state index in [-0.39, 0.29) is 5.91 Å². The molecule has 3 aromatic rings. The Morgan fingerprint density at radius 3 is 2.85 bits per heavy atom. The third-order valence-electron chi connectivity index (χ3n) is 4.90. The van der Waals surface area contributed by atoms with Crippen molar-refractivity contribution in [3.05, 3.63) is 71.4 Å². The zero-order chi connectivity index (χ0) is 18.6. The summed E-state index contributed by atoms with van der Waals surface area (Å²) in [4.78, 5) is 14.4. The van der Waals surface area contributed by atoms with Gasteiger partial charge in [-0.05, 0) is 30.2 Å². The predicted octanol–water partition coefficient (Wildman–Crippen LogP) is 4.41. The maximum atomic E-state index is 12.4. The number of carbonyl (C=O) groups excluding carboxylic acids is 1. The highest BCUT2D eigenvalue weighted by Crippen LogP contribution is 2.28. The van der Waals surface area contributed by atoms with Gasteiger partial charge in [0.05, 0.1) is 5.69 Å². The summed E-state index contributed by atoms with van der Waals surface area (Å²) >= 11 is 0. The van der Waals surface area contributed by atoms with E-state index in [9.17, 15) is 4.79 Å². The molecule has 0 saturated heterocycles. The molecule has 0 atom stereocenters. The van der Waals surface area contributed by atoms with Gasteiger partial charge < -0.3 is 9.64 Å². The molecule has 5 heteroatoms. The highest BCUT2D eigenvalue weighted by Gasteiger charge is 2.27. The van der Waals surface area contributed by atoms with E-state index in [0.717, 1.165) is 53.1 Å². The van der Waals surface area contributed by atoms with Crippen LogP contribution in [-0.4, -0.2) is 27.5 Å². The smallest absolute Gasteiger partial charge is 0.254 e. The Bertz CT molecular complexity index is 934. The summed E-state index contributed by atoms with van der Waals surface area (Å²) in [5.74, 6) is 0.908. The van der Waals surface area contributed by atoms with E-state index in [1.54, 1.807) is 0 Å². The molecule has 0 spiro atoms. The van der Waals surface area contributed by atoms with Crippen molar-refractivity contribution in [1.82, 2.24) is 15.1 Å². The Balaban J connectivity index is 1.46. The predicted molar refractivity (Wildman–Crippen MR) is 104 cm³/mol. The minimum absolute atomic E-state index is 0.131. The Morgan fingerprint density at radius 1 is 1.19 bits per heavy atom. The molecule has 138 valence electrons. The van der Waals surface area contributed by atoms with Gasteiger partial charge in [-0.1, -0.05) is 43.7 Å². The van der Waals surface area contributed by atoms with Crippen molar-refractivity contribution in [3.63, 3.8) is 0 Å². The first-order valence-corrected chi connectivity index (χ1v) is 9.39. The number of benzene rings is 2. The molecule has 4 rings (SSSR count). The van der Waals surface area contributed by atoms with Crippen LogP contribution in [0.1, 0.15) is 41.3 Å². The van der Waals surface area contributed by atoms with Crippen LogP contribution < -0.4 is 4.74 Å². The summed E-state index contributed by atoms with van der Waals surface area (Å²) in [6, 6.07) is 15.8. The number of aromatic nitrogens is 2. The summed E-state index contributed by atoms with van der Waals surface area (Å²) in [6.45, 7) is 4.05. The summed E-state index contributed by atoms with van der Waals surface area (Å²) in [6.07, 6.45) is 3.99. The van der Waals surface area contributed by atoms with E-state index in [2.05, 4.69) is 17.1 Å². The van der Waals surface area contributed by atoms with Crippen molar-refractivity contribution in [2.24, 2.45) is 0 Å². The van der Waals surface area contributed by atoms with Gasteiger partial charge in [-0.3, -0.25) is 9.89 Å². The Labute approximate surface area is 159 Å². The molecule has 1 aliphatic rings. The van der Waals surface area contributed by atoms with E-state index in [4.69, 9.17) is 4.74 Å². The average Bonchev–Trinajstić information content (AvgIpc) is 3.30. The lowest BCUT2D eigenvalue weighted by molar-refractivity contribution is 0.0776. The molecule has 0 saturated carbocycles. The Kier molecular flexibility index (Phi) is 4.92. The Hall–Kier alpha value is -3.08. The van der Waals surface area contributed by atoms with Gasteiger partial charge in [-0.15, -0.1) is 0 Å². The number of amides is 1. The monoisotopic (exact) mass is 361 g/mol. The van der Waals surface area contributed by atoms with Crippen molar-refractivity contribution in [3.8, 4) is 17.0 Å². The molecule has 1 amide bonds. The number of nitrogens with zero attached hydrogens (tertiary/aromatic N) is 2. The van der Waals surface area contributed by atoms with E-state index in [1.807, 2.05) is 59.6 Å². The van der Waals surface area contributed by atoms with Crippen LogP contribution in [0.25, 0.3) is 11.3 Å². The van der Waals surface area contributed by atoms with Crippen LogP contribution in [0.3, 0.4) is 0 Å². The number of rotatable bonds is 7. The van der Waals surface area contributed by atoms with Crippen molar-refractivity contribution in [2.45, 2.75) is 32.9 Å². The van der Waals surface area contributed by atoms with Gasteiger partial charge >= 0.3 is 0 Å². The van der Waals surface area contributed by atoms with Gasteiger partial charge in [0.25, 0.3) is 5.91 Å². The fourth-order valence-electron chi connectivity index (χ4n) is 3.41. The Morgan fingerprint density at radius 2 is 2.04 bits per heavy atom. The number of carbonyl (C=O) groups is 1. The number of aromatic amines is 1. The lowest BCUT2D eigenvalue weighted by atomic mass is 10.1. The van der Waals surface area contributed by atoms with Crippen LogP contribution in [0.4, 0.5) is 0 Å². The molecule has 0 radical (unpaired) electrons. The highest BCUT2D eigenvalue weighted by molar-refractivity contribution is 5.98. The molecule has 1 aromatic heterocycles. The van der Waals surface area contributed by atoms with Gasteiger partial charge in [0.1, 0.15) is 12.4 Å². The summed E-state index contributed by atoms with van der Waals surface area (Å²) < 4.78 is 6.00. The quantitative estimate of drug-likeness (QED) is 0.678. The summed E-state index contributed by atoms with van der Waals surface area (Å²) in [7, 11) is 0. The molecule has 27 heavy (non-hydrogen) atoms. The van der Waals surface area contributed by atoms with Crippen LogP contribution >= 0.6 is 0 Å². The van der Waals surface area contributed by atoms with Crippen molar-refractivity contribution >= 4 is 5.91 Å². The van der Waals surface area contributed by atoms with E-state index in [0.29, 0.717) is 13.2 Å². The van der Waals surface area contributed by atoms with Crippen molar-refractivity contribution in [1.29, 1.82) is 0 Å². The second-order valence-corrected chi connectivity index (χ2v) is 6.81. The number of nitrogens with one attached hydrogen (secondary N) is 1. The van der Waals surface area contributed by atoms with Crippen molar-refractivity contribution < 1.29 is 9.53 Å². The first-order valence-electron chi connectivity index (χ1n) is 9.39. The van der Waals surface area contributed by atoms with Crippen LogP contribution in [0.5, 0.6) is 5.75 Å². The number of H-pyrrole nitrogens is 1. The number of hydrogen-bond donors (Lipinski definition) is 1. The second kappa shape index (κ2) is 7.66. The minimum atomic E-state index is 0.131. The zero-order valence-electron chi connectivity index (χ0n) is 15.4. The number of fused-ring (bicyclic) bond motifs is 1. The molecule has 0 aliphatic carbocycles. The van der Waals surface area contributed by atoms with Gasteiger partial charge in [0, 0.05) is 36.0 Å². The normalized spacial score (nSPS) is 13.1. The van der Waals surface area contributed by atoms with Gasteiger partial charge in [0.2, 0.25) is 0 Å². The molecular weight excluding hydrogens is 338 g/mol. The van der Waals surface area contributed by atoms with E-state index < -0.39 is 0 Å². The van der Waals surface area contributed by atoms with Gasteiger partial charge in [0.15, 0.2) is 0 Å². The fraction of sp³-hybridized carbons (Fsp3) is 0.273. The highest BCUT2D eigenvalue weighted by atomic mass is 16.5. The summed E-state index contributed by atoms with van der Waals surface area (Å²) in [5, 5.41) is 7.27. The van der Waals surface area contributed by atoms with Crippen LogP contribution in [-0.2, 0) is 13.2 Å². The van der Waals surface area contributed by atoms with Crippen LogP contribution in [0, 0.1) is 0 Å². The maximum Gasteiger partial charge on any atom is 0.254 e. The summed E-state index contributed by atoms with van der Waals surface area (Å²) in [5.41, 5.74) is 4.80. The standard InChI is InChI=1S/C22H23N3O2/c1-2-3-11-25-14-17-12-19(9-10-20(17)22(25)26)27-15-18-13-23-24-21(18)16-7-5-4-6-8-16/h4-10,12-13H,2-3,11,14-15H2,1H3,(H,23,24). The second-order valence-electron chi connectivity index (χ2n) is 6.81. The molecule has 1 aliphatic heterocycles. The maximum absolute atomic E-state index is 12.4. The lowest BCUT2D eigenvalue weighted by Crippen LogP contribution is -2.24. The molecule has 0 unspecified atom stereocenters. The number of hydrogen-bond acceptors (Lipinski definition) is 3. The van der Waals surface area contributed by atoms with Crippen molar-refractivity contribution in [2.75, 3.05) is 6.54 Å². The lowest BCUT2D eigenvalue weighted by Gasteiger charge is -2.14. The minimum Gasteiger partial charge on any atom is -0.489 e. The van der Waals surface area contributed by atoms with E-state index in [1.165, 1.54) is 0 Å². The molecule has 2 aromatic carbocycles. The first-order chi connectivity index (χ1) is 13.3. The topological polar surface area (TPSA) is 58.2 Å². The third-order valence-corrected chi connectivity index (χ3v) is 4.90. The van der Waals surface area contributed by atoms with Crippen LogP contribution in [0.2, 0.25) is 0 Å².